The minimum absolute atomic E-state index is 0.157. The number of amides is 1. The van der Waals surface area contributed by atoms with E-state index in [9.17, 15) is 13.2 Å². The predicted molar refractivity (Wildman–Crippen MR) is 104 cm³/mol. The van der Waals surface area contributed by atoms with Gasteiger partial charge in [0.2, 0.25) is 10.0 Å². The van der Waals surface area contributed by atoms with Gasteiger partial charge in [0.15, 0.2) is 6.61 Å². The van der Waals surface area contributed by atoms with Gasteiger partial charge in [-0.2, -0.15) is 0 Å². The Morgan fingerprint density at radius 2 is 1.78 bits per heavy atom. The molecule has 0 saturated heterocycles. The van der Waals surface area contributed by atoms with Crippen molar-refractivity contribution in [3.63, 3.8) is 0 Å². The molecule has 0 aliphatic carbocycles. The fourth-order valence-electron chi connectivity index (χ4n) is 2.26. The average molecular weight is 392 g/mol. The molecule has 0 saturated carbocycles. The first-order chi connectivity index (χ1) is 13.0. The molecule has 0 aliphatic heterocycles. The minimum atomic E-state index is -3.53. The van der Waals surface area contributed by atoms with Crippen LogP contribution in [0.1, 0.15) is 19.8 Å². The van der Waals surface area contributed by atoms with Crippen LogP contribution in [0.25, 0.3) is 0 Å². The first-order valence-corrected chi connectivity index (χ1v) is 10.1. The molecule has 0 aromatic heterocycles. The SMILES string of the molecule is CCCCNS(=O)(=O)c1ccc(OCC(=O)Nc2ccccc2OC)cc1. The fourth-order valence-corrected chi connectivity index (χ4v) is 3.34. The van der Waals surface area contributed by atoms with Gasteiger partial charge in [-0.3, -0.25) is 4.79 Å². The summed E-state index contributed by atoms with van der Waals surface area (Å²) in [5, 5.41) is 2.70. The number of nitrogens with one attached hydrogen (secondary N) is 2. The van der Waals surface area contributed by atoms with Crippen molar-refractivity contribution in [1.29, 1.82) is 0 Å². The molecule has 146 valence electrons. The summed E-state index contributed by atoms with van der Waals surface area (Å²) in [6, 6.07) is 13.0. The lowest BCUT2D eigenvalue weighted by Crippen LogP contribution is -2.24. The molecule has 2 rings (SSSR count). The summed E-state index contributed by atoms with van der Waals surface area (Å²) in [5.41, 5.74) is 0.549. The molecule has 2 N–H and O–H groups in total. The van der Waals surface area contributed by atoms with E-state index in [4.69, 9.17) is 9.47 Å². The van der Waals surface area contributed by atoms with E-state index in [1.807, 2.05) is 6.92 Å². The Morgan fingerprint density at radius 1 is 1.07 bits per heavy atom. The van der Waals surface area contributed by atoms with E-state index >= 15 is 0 Å². The summed E-state index contributed by atoms with van der Waals surface area (Å²) in [7, 11) is -2.01. The first-order valence-electron chi connectivity index (χ1n) is 8.61. The number of unbranched alkanes of at least 4 members (excludes halogenated alkanes) is 1. The van der Waals surface area contributed by atoms with Crippen molar-refractivity contribution in [3.05, 3.63) is 48.5 Å². The van der Waals surface area contributed by atoms with E-state index in [-0.39, 0.29) is 17.4 Å². The molecule has 27 heavy (non-hydrogen) atoms. The summed E-state index contributed by atoms with van der Waals surface area (Å²) >= 11 is 0. The second-order valence-electron chi connectivity index (χ2n) is 5.76. The van der Waals surface area contributed by atoms with Crippen LogP contribution in [0.2, 0.25) is 0 Å². The highest BCUT2D eigenvalue weighted by Gasteiger charge is 2.13. The molecule has 7 nitrogen and oxygen atoms in total. The maximum absolute atomic E-state index is 12.1. The number of ether oxygens (including phenoxy) is 2. The minimum Gasteiger partial charge on any atom is -0.495 e. The lowest BCUT2D eigenvalue weighted by atomic mass is 10.3. The van der Waals surface area contributed by atoms with Crippen molar-refractivity contribution in [2.45, 2.75) is 24.7 Å². The zero-order valence-corrected chi connectivity index (χ0v) is 16.2. The van der Waals surface area contributed by atoms with Gasteiger partial charge in [0, 0.05) is 6.54 Å². The maximum atomic E-state index is 12.1. The number of carbonyl (C=O) groups excluding carboxylic acids is 1. The molecule has 0 fully saturated rings. The van der Waals surface area contributed by atoms with Crippen molar-refractivity contribution in [3.8, 4) is 11.5 Å². The number of para-hydroxylation sites is 2. The van der Waals surface area contributed by atoms with E-state index in [1.54, 1.807) is 24.3 Å². The van der Waals surface area contributed by atoms with Gasteiger partial charge in [-0.25, -0.2) is 13.1 Å². The molecule has 0 atom stereocenters. The summed E-state index contributed by atoms with van der Waals surface area (Å²) in [4.78, 5) is 12.2. The normalized spacial score (nSPS) is 11.0. The van der Waals surface area contributed by atoms with Crippen LogP contribution in [0.4, 0.5) is 5.69 Å². The van der Waals surface area contributed by atoms with Crippen LogP contribution in [0.5, 0.6) is 11.5 Å². The zero-order valence-electron chi connectivity index (χ0n) is 15.4. The molecule has 2 aromatic carbocycles. The van der Waals surface area contributed by atoms with Crippen LogP contribution in [-0.2, 0) is 14.8 Å². The number of anilines is 1. The standard InChI is InChI=1S/C19H24N2O5S/c1-3-4-13-20-27(23,24)16-11-9-15(10-12-16)26-14-19(22)21-17-7-5-6-8-18(17)25-2/h5-12,20H,3-4,13-14H2,1-2H3,(H,21,22). The Balaban J connectivity index is 1.90. The maximum Gasteiger partial charge on any atom is 0.262 e. The van der Waals surface area contributed by atoms with Crippen molar-refractivity contribution in [2.24, 2.45) is 0 Å². The molecular weight excluding hydrogens is 368 g/mol. The molecule has 0 bridgehead atoms. The monoisotopic (exact) mass is 392 g/mol. The van der Waals surface area contributed by atoms with E-state index in [1.165, 1.54) is 31.4 Å². The third-order valence-electron chi connectivity index (χ3n) is 3.71. The zero-order chi connectivity index (χ0) is 19.7. The Hall–Kier alpha value is -2.58. The average Bonchev–Trinajstić information content (AvgIpc) is 2.67. The first kappa shape index (κ1) is 20.7. The number of hydrogen-bond donors (Lipinski definition) is 2. The van der Waals surface area contributed by atoms with Gasteiger partial charge in [-0.05, 0) is 42.8 Å². The van der Waals surface area contributed by atoms with E-state index in [0.717, 1.165) is 12.8 Å². The van der Waals surface area contributed by atoms with Gasteiger partial charge in [-0.1, -0.05) is 25.5 Å². The third-order valence-corrected chi connectivity index (χ3v) is 5.18. The van der Waals surface area contributed by atoms with Gasteiger partial charge in [-0.15, -0.1) is 0 Å². The van der Waals surface area contributed by atoms with Gasteiger partial charge in [0.05, 0.1) is 17.7 Å². The highest BCUT2D eigenvalue weighted by atomic mass is 32.2. The van der Waals surface area contributed by atoms with Crippen LogP contribution >= 0.6 is 0 Å². The van der Waals surface area contributed by atoms with Crippen LogP contribution in [0.15, 0.2) is 53.4 Å². The largest absolute Gasteiger partial charge is 0.495 e. The molecule has 8 heteroatoms. The Labute approximate surface area is 159 Å². The van der Waals surface area contributed by atoms with Crippen molar-refractivity contribution in [2.75, 3.05) is 25.6 Å². The molecule has 0 radical (unpaired) electrons. The summed E-state index contributed by atoms with van der Waals surface area (Å²) in [6.07, 6.45) is 1.69. The highest BCUT2D eigenvalue weighted by Crippen LogP contribution is 2.23. The quantitative estimate of drug-likeness (QED) is 0.607. The van der Waals surface area contributed by atoms with Gasteiger partial charge < -0.3 is 14.8 Å². The van der Waals surface area contributed by atoms with Crippen molar-refractivity contribution < 1.29 is 22.7 Å². The smallest absolute Gasteiger partial charge is 0.262 e. The molecule has 0 spiro atoms. The summed E-state index contributed by atoms with van der Waals surface area (Å²) < 4.78 is 37.4. The number of carbonyl (C=O) groups is 1. The number of hydrogen-bond acceptors (Lipinski definition) is 5. The number of benzene rings is 2. The molecule has 0 unspecified atom stereocenters. The van der Waals surface area contributed by atoms with Gasteiger partial charge in [0.1, 0.15) is 11.5 Å². The van der Waals surface area contributed by atoms with Gasteiger partial charge >= 0.3 is 0 Å². The predicted octanol–water partition coefficient (Wildman–Crippen LogP) is 2.79. The molecule has 1 amide bonds. The summed E-state index contributed by atoms with van der Waals surface area (Å²) in [6.45, 7) is 2.18. The van der Waals surface area contributed by atoms with E-state index in [0.29, 0.717) is 23.7 Å². The molecule has 0 aliphatic rings. The third kappa shape index (κ3) is 6.26. The number of methoxy groups -OCH3 is 1. The fraction of sp³-hybridized carbons (Fsp3) is 0.316. The Kier molecular flexibility index (Phi) is 7.63. The topological polar surface area (TPSA) is 93.7 Å². The molecular formula is C19H24N2O5S. The van der Waals surface area contributed by atoms with Gasteiger partial charge in [0.25, 0.3) is 5.91 Å². The Bertz CT molecular complexity index is 851. The second-order valence-corrected chi connectivity index (χ2v) is 7.53. The number of rotatable bonds is 10. The van der Waals surface area contributed by atoms with Crippen LogP contribution in [-0.4, -0.2) is 34.6 Å². The van der Waals surface area contributed by atoms with E-state index in [2.05, 4.69) is 10.0 Å². The van der Waals surface area contributed by atoms with Crippen LogP contribution < -0.4 is 19.5 Å². The molecule has 0 heterocycles. The van der Waals surface area contributed by atoms with Crippen molar-refractivity contribution >= 4 is 21.6 Å². The Morgan fingerprint density at radius 3 is 2.44 bits per heavy atom. The number of sulfonamides is 1. The highest BCUT2D eigenvalue weighted by molar-refractivity contribution is 7.89. The second kappa shape index (κ2) is 9.94. The lowest BCUT2D eigenvalue weighted by Gasteiger charge is -2.11. The lowest BCUT2D eigenvalue weighted by molar-refractivity contribution is -0.118. The van der Waals surface area contributed by atoms with Crippen LogP contribution in [0.3, 0.4) is 0 Å². The van der Waals surface area contributed by atoms with Crippen LogP contribution in [0, 0.1) is 0 Å². The summed E-state index contributed by atoms with van der Waals surface area (Å²) in [5.74, 6) is 0.603. The van der Waals surface area contributed by atoms with E-state index < -0.39 is 10.0 Å². The molecule has 2 aromatic rings. The van der Waals surface area contributed by atoms with Crippen molar-refractivity contribution in [1.82, 2.24) is 4.72 Å².